The number of aryl methyl sites for hydroxylation is 1. The Balaban J connectivity index is 1.71. The van der Waals surface area contributed by atoms with E-state index in [2.05, 4.69) is 28.8 Å². The minimum absolute atomic E-state index is 0.185. The van der Waals surface area contributed by atoms with Gasteiger partial charge in [-0.25, -0.2) is 0 Å². The number of rotatable bonds is 8. The predicted molar refractivity (Wildman–Crippen MR) is 111 cm³/mol. The van der Waals surface area contributed by atoms with Crippen molar-refractivity contribution >= 4 is 23.0 Å². The van der Waals surface area contributed by atoms with Gasteiger partial charge in [0.1, 0.15) is 5.75 Å². The number of anilines is 1. The van der Waals surface area contributed by atoms with Crippen molar-refractivity contribution in [2.75, 3.05) is 11.9 Å². The first kappa shape index (κ1) is 19.7. The number of nitrogens with zero attached hydrogens (tertiary/aromatic N) is 1. The van der Waals surface area contributed by atoms with Crippen LogP contribution >= 0.6 is 12.2 Å². The van der Waals surface area contributed by atoms with Gasteiger partial charge >= 0.3 is 0 Å². The standard InChI is InChI=1S/C21H25N3OS/c1-16(2)25-20-7-3-5-18(15-20)6-4-14-23-21(26)24-19-10-8-17(9-11-19)12-13-22/h3,5,7-11,15-16H,4,6,12,14H2,1-2H3,(H2,23,24,26). The SMILES string of the molecule is CC(C)Oc1cccc(CCCNC(=S)Nc2ccc(CC#N)cc2)c1. The van der Waals surface area contributed by atoms with Crippen LogP contribution in [-0.4, -0.2) is 17.8 Å². The van der Waals surface area contributed by atoms with E-state index in [-0.39, 0.29) is 6.10 Å². The average Bonchev–Trinajstić information content (AvgIpc) is 2.60. The Hall–Kier alpha value is -2.58. The lowest BCUT2D eigenvalue weighted by Gasteiger charge is -2.12. The largest absolute Gasteiger partial charge is 0.491 e. The highest BCUT2D eigenvalue weighted by atomic mass is 32.1. The van der Waals surface area contributed by atoms with E-state index < -0.39 is 0 Å². The van der Waals surface area contributed by atoms with Gasteiger partial charge in [-0.1, -0.05) is 24.3 Å². The Morgan fingerprint density at radius 3 is 2.62 bits per heavy atom. The summed E-state index contributed by atoms with van der Waals surface area (Å²) in [5.41, 5.74) is 3.18. The van der Waals surface area contributed by atoms with E-state index in [9.17, 15) is 0 Å². The zero-order valence-electron chi connectivity index (χ0n) is 15.3. The topological polar surface area (TPSA) is 57.1 Å². The summed E-state index contributed by atoms with van der Waals surface area (Å²) in [7, 11) is 0. The maximum Gasteiger partial charge on any atom is 0.170 e. The van der Waals surface area contributed by atoms with Crippen molar-refractivity contribution in [2.45, 2.75) is 39.2 Å². The Morgan fingerprint density at radius 2 is 1.92 bits per heavy atom. The van der Waals surface area contributed by atoms with Gasteiger partial charge in [-0.05, 0) is 74.3 Å². The Morgan fingerprint density at radius 1 is 1.15 bits per heavy atom. The second-order valence-corrected chi connectivity index (χ2v) is 6.74. The molecule has 0 fully saturated rings. The molecule has 0 spiro atoms. The van der Waals surface area contributed by atoms with Gasteiger partial charge in [-0.3, -0.25) is 0 Å². The lowest BCUT2D eigenvalue weighted by molar-refractivity contribution is 0.242. The highest BCUT2D eigenvalue weighted by Crippen LogP contribution is 2.16. The summed E-state index contributed by atoms with van der Waals surface area (Å²) in [5.74, 6) is 0.919. The molecule has 0 aliphatic rings. The number of nitriles is 1. The summed E-state index contributed by atoms with van der Waals surface area (Å²) in [6.07, 6.45) is 2.55. The molecule has 2 N–H and O–H groups in total. The Labute approximate surface area is 161 Å². The van der Waals surface area contributed by atoms with Crippen LogP contribution in [0.4, 0.5) is 5.69 Å². The molecule has 4 nitrogen and oxygen atoms in total. The summed E-state index contributed by atoms with van der Waals surface area (Å²) in [5, 5.41) is 15.7. The third-order valence-corrected chi connectivity index (χ3v) is 3.94. The van der Waals surface area contributed by atoms with Crippen molar-refractivity contribution in [1.29, 1.82) is 5.26 Å². The maximum absolute atomic E-state index is 8.69. The molecule has 0 aliphatic carbocycles. The van der Waals surface area contributed by atoms with Crippen molar-refractivity contribution in [1.82, 2.24) is 5.32 Å². The second-order valence-electron chi connectivity index (χ2n) is 6.33. The van der Waals surface area contributed by atoms with Crippen LogP contribution in [0.25, 0.3) is 0 Å². The van der Waals surface area contributed by atoms with Crippen molar-refractivity contribution in [3.05, 3.63) is 59.7 Å². The van der Waals surface area contributed by atoms with Crippen molar-refractivity contribution in [2.24, 2.45) is 0 Å². The molecule has 0 amide bonds. The van der Waals surface area contributed by atoms with E-state index in [1.807, 2.05) is 50.2 Å². The van der Waals surface area contributed by atoms with Gasteiger partial charge in [0.15, 0.2) is 5.11 Å². The van der Waals surface area contributed by atoms with Crippen LogP contribution in [0.2, 0.25) is 0 Å². The third kappa shape index (κ3) is 7.12. The molecule has 2 aromatic rings. The number of thiocarbonyl (C=S) groups is 1. The van der Waals surface area contributed by atoms with E-state index in [0.717, 1.165) is 36.4 Å². The molecule has 2 aromatic carbocycles. The number of nitrogens with one attached hydrogen (secondary N) is 2. The molecule has 26 heavy (non-hydrogen) atoms. The lowest BCUT2D eigenvalue weighted by Crippen LogP contribution is -2.29. The number of hydrogen-bond acceptors (Lipinski definition) is 3. The van der Waals surface area contributed by atoms with Gasteiger partial charge < -0.3 is 15.4 Å². The molecule has 0 unspecified atom stereocenters. The fraction of sp³-hybridized carbons (Fsp3) is 0.333. The van der Waals surface area contributed by atoms with E-state index >= 15 is 0 Å². The molecule has 0 aliphatic heterocycles. The molecule has 0 radical (unpaired) electrons. The van der Waals surface area contributed by atoms with Crippen LogP contribution in [0, 0.1) is 11.3 Å². The predicted octanol–water partition coefficient (Wildman–Crippen LogP) is 4.46. The highest BCUT2D eigenvalue weighted by Gasteiger charge is 2.01. The monoisotopic (exact) mass is 367 g/mol. The van der Waals surface area contributed by atoms with Crippen molar-refractivity contribution < 1.29 is 4.74 Å². The minimum atomic E-state index is 0.185. The van der Waals surface area contributed by atoms with Crippen molar-refractivity contribution in [3.8, 4) is 11.8 Å². The van der Waals surface area contributed by atoms with Gasteiger partial charge in [-0.2, -0.15) is 5.26 Å². The fourth-order valence-electron chi connectivity index (χ4n) is 2.51. The summed E-state index contributed by atoms with van der Waals surface area (Å²) in [4.78, 5) is 0. The van der Waals surface area contributed by atoms with Crippen LogP contribution in [0.3, 0.4) is 0 Å². The smallest absolute Gasteiger partial charge is 0.170 e. The zero-order valence-corrected chi connectivity index (χ0v) is 16.1. The van der Waals surface area contributed by atoms with Crippen molar-refractivity contribution in [3.63, 3.8) is 0 Å². The van der Waals surface area contributed by atoms with E-state index in [1.54, 1.807) is 0 Å². The minimum Gasteiger partial charge on any atom is -0.491 e. The molecule has 5 heteroatoms. The number of ether oxygens (including phenoxy) is 1. The van der Waals surface area contributed by atoms with Crippen LogP contribution in [-0.2, 0) is 12.8 Å². The molecule has 2 rings (SSSR count). The first-order chi connectivity index (χ1) is 12.6. The van der Waals surface area contributed by atoms with Gasteiger partial charge in [0.25, 0.3) is 0 Å². The molecule has 0 bridgehead atoms. The maximum atomic E-state index is 8.69. The first-order valence-electron chi connectivity index (χ1n) is 8.83. The van der Waals surface area contributed by atoms with E-state index in [0.29, 0.717) is 11.5 Å². The summed E-state index contributed by atoms with van der Waals surface area (Å²) in [6, 6.07) is 18.1. The van der Waals surface area contributed by atoms with Gasteiger partial charge in [-0.15, -0.1) is 0 Å². The van der Waals surface area contributed by atoms with Gasteiger partial charge in [0, 0.05) is 12.2 Å². The molecule has 136 valence electrons. The number of hydrogen-bond donors (Lipinski definition) is 2. The number of benzene rings is 2. The quantitative estimate of drug-likeness (QED) is 0.533. The molecule has 0 atom stereocenters. The van der Waals surface area contributed by atoms with E-state index in [1.165, 1.54) is 5.56 Å². The molecular weight excluding hydrogens is 342 g/mol. The Kier molecular flexibility index (Phi) is 7.91. The first-order valence-corrected chi connectivity index (χ1v) is 9.24. The summed E-state index contributed by atoms with van der Waals surface area (Å²) in [6.45, 7) is 4.86. The summed E-state index contributed by atoms with van der Waals surface area (Å²) >= 11 is 5.32. The fourth-order valence-corrected chi connectivity index (χ4v) is 2.73. The second kappa shape index (κ2) is 10.4. The Bertz CT molecular complexity index is 751. The van der Waals surface area contributed by atoms with Crippen LogP contribution in [0.5, 0.6) is 5.75 Å². The van der Waals surface area contributed by atoms with Crippen LogP contribution in [0.1, 0.15) is 31.4 Å². The van der Waals surface area contributed by atoms with Gasteiger partial charge in [0.05, 0.1) is 18.6 Å². The molecule has 0 aromatic heterocycles. The summed E-state index contributed by atoms with van der Waals surface area (Å²) < 4.78 is 5.73. The average molecular weight is 368 g/mol. The lowest BCUT2D eigenvalue weighted by atomic mass is 10.1. The molecule has 0 saturated heterocycles. The van der Waals surface area contributed by atoms with Gasteiger partial charge in [0.2, 0.25) is 0 Å². The third-order valence-electron chi connectivity index (χ3n) is 3.69. The highest BCUT2D eigenvalue weighted by molar-refractivity contribution is 7.80. The normalized spacial score (nSPS) is 10.2. The molecular formula is C21H25N3OS. The molecule has 0 heterocycles. The van der Waals surface area contributed by atoms with Crippen LogP contribution < -0.4 is 15.4 Å². The van der Waals surface area contributed by atoms with Crippen LogP contribution in [0.15, 0.2) is 48.5 Å². The molecule has 0 saturated carbocycles. The van der Waals surface area contributed by atoms with E-state index in [4.69, 9.17) is 22.2 Å². The zero-order chi connectivity index (χ0) is 18.8.